The molecule has 1 aliphatic heterocycles. The average molecular weight is 318 g/mol. The smallest absolute Gasteiger partial charge is 0.245 e. The molecule has 0 radical (unpaired) electrons. The Bertz CT molecular complexity index is 556. The van der Waals surface area contributed by atoms with Crippen LogP contribution in [0, 0.1) is 6.92 Å². The maximum absolute atomic E-state index is 12.5. The van der Waals surface area contributed by atoms with E-state index < -0.39 is 5.54 Å². The topological polar surface area (TPSA) is 58.6 Å². The zero-order valence-electron chi connectivity index (χ0n) is 14.2. The molecule has 0 saturated carbocycles. The summed E-state index contributed by atoms with van der Waals surface area (Å²) in [6.45, 7) is 5.41. The Labute approximate surface area is 138 Å². The third kappa shape index (κ3) is 4.10. The Balaban J connectivity index is 2.00. The van der Waals surface area contributed by atoms with E-state index in [2.05, 4.69) is 36.5 Å². The minimum Gasteiger partial charge on any atom is -0.383 e. The number of carbonyl (C=O) groups excluding carboxylic acids is 2. The van der Waals surface area contributed by atoms with Crippen LogP contribution in [0.4, 0.5) is 0 Å². The largest absolute Gasteiger partial charge is 0.383 e. The van der Waals surface area contributed by atoms with Gasteiger partial charge in [0.15, 0.2) is 0 Å². The van der Waals surface area contributed by atoms with Gasteiger partial charge in [0.05, 0.1) is 6.61 Å². The van der Waals surface area contributed by atoms with Crippen molar-refractivity contribution in [1.82, 2.24) is 10.2 Å². The number of likely N-dealkylation sites (tertiary alicyclic amines) is 1. The average Bonchev–Trinajstić information content (AvgIpc) is 2.83. The summed E-state index contributed by atoms with van der Waals surface area (Å²) in [4.78, 5) is 26.4. The fraction of sp³-hybridized carbons (Fsp3) is 0.556. The second-order valence-electron chi connectivity index (χ2n) is 6.30. The summed E-state index contributed by atoms with van der Waals surface area (Å²) in [6.07, 6.45) is 1.76. The van der Waals surface area contributed by atoms with Crippen LogP contribution < -0.4 is 5.32 Å². The lowest BCUT2D eigenvalue weighted by Gasteiger charge is -2.34. The highest BCUT2D eigenvalue weighted by Crippen LogP contribution is 2.30. The third-order valence-electron chi connectivity index (χ3n) is 4.55. The van der Waals surface area contributed by atoms with Crippen molar-refractivity contribution in [2.45, 2.75) is 38.6 Å². The molecular weight excluding hydrogens is 292 g/mol. The molecule has 0 spiro atoms. The second kappa shape index (κ2) is 7.59. The Morgan fingerprint density at radius 2 is 2.04 bits per heavy atom. The Hall–Kier alpha value is -1.88. The lowest BCUT2D eigenvalue weighted by molar-refractivity contribution is -0.140. The standard InChI is InChI=1S/C18H26N2O3/c1-14-4-6-15(7-5-14)9-12-20-16(21)8-10-18(20,2)17(22)19-11-13-23-3/h4-7H,8-13H2,1-3H3,(H,19,22)/t18-/m1/s1. The minimum atomic E-state index is -0.754. The molecule has 1 aliphatic rings. The van der Waals surface area contributed by atoms with Gasteiger partial charge in [-0.25, -0.2) is 0 Å². The molecule has 1 atom stereocenters. The number of methoxy groups -OCH3 is 1. The molecule has 1 heterocycles. The van der Waals surface area contributed by atoms with Crippen molar-refractivity contribution in [2.24, 2.45) is 0 Å². The lowest BCUT2D eigenvalue weighted by atomic mass is 9.97. The molecule has 5 heteroatoms. The van der Waals surface area contributed by atoms with Crippen LogP contribution >= 0.6 is 0 Å². The first kappa shape index (κ1) is 17.5. The highest BCUT2D eigenvalue weighted by Gasteiger charge is 2.46. The number of rotatable bonds is 7. The number of benzene rings is 1. The fourth-order valence-electron chi connectivity index (χ4n) is 2.96. The van der Waals surface area contributed by atoms with Gasteiger partial charge in [-0.15, -0.1) is 0 Å². The van der Waals surface area contributed by atoms with Gasteiger partial charge in [-0.3, -0.25) is 9.59 Å². The van der Waals surface area contributed by atoms with Crippen LogP contribution in [0.3, 0.4) is 0 Å². The van der Waals surface area contributed by atoms with Crippen molar-refractivity contribution in [2.75, 3.05) is 26.8 Å². The summed E-state index contributed by atoms with van der Waals surface area (Å²) in [5.41, 5.74) is 1.64. The molecule has 1 aromatic rings. The van der Waals surface area contributed by atoms with E-state index in [-0.39, 0.29) is 11.8 Å². The Morgan fingerprint density at radius 3 is 2.70 bits per heavy atom. The normalized spacial score (nSPS) is 20.8. The van der Waals surface area contributed by atoms with Gasteiger partial charge in [0, 0.05) is 26.6 Å². The maximum Gasteiger partial charge on any atom is 0.245 e. The predicted octanol–water partition coefficient (Wildman–Crippen LogP) is 1.68. The van der Waals surface area contributed by atoms with Gasteiger partial charge in [0.25, 0.3) is 0 Å². The zero-order valence-corrected chi connectivity index (χ0v) is 14.2. The zero-order chi connectivity index (χ0) is 16.9. The van der Waals surface area contributed by atoms with Gasteiger partial charge in [0.2, 0.25) is 11.8 Å². The monoisotopic (exact) mass is 318 g/mol. The van der Waals surface area contributed by atoms with Crippen molar-refractivity contribution < 1.29 is 14.3 Å². The first-order valence-corrected chi connectivity index (χ1v) is 8.10. The number of carbonyl (C=O) groups is 2. The van der Waals surface area contributed by atoms with E-state index in [4.69, 9.17) is 4.74 Å². The van der Waals surface area contributed by atoms with Gasteiger partial charge < -0.3 is 15.0 Å². The van der Waals surface area contributed by atoms with E-state index in [1.54, 1.807) is 12.0 Å². The molecule has 0 aromatic heterocycles. The molecule has 1 fully saturated rings. The van der Waals surface area contributed by atoms with Crippen molar-refractivity contribution in [3.8, 4) is 0 Å². The quantitative estimate of drug-likeness (QED) is 0.778. The maximum atomic E-state index is 12.5. The van der Waals surface area contributed by atoms with Crippen LogP contribution in [-0.2, 0) is 20.7 Å². The van der Waals surface area contributed by atoms with Crippen LogP contribution in [0.25, 0.3) is 0 Å². The van der Waals surface area contributed by atoms with E-state index in [0.29, 0.717) is 32.5 Å². The lowest BCUT2D eigenvalue weighted by Crippen LogP contribution is -2.55. The number of amides is 2. The highest BCUT2D eigenvalue weighted by molar-refractivity contribution is 5.94. The molecule has 2 rings (SSSR count). The predicted molar refractivity (Wildman–Crippen MR) is 89.1 cm³/mol. The van der Waals surface area contributed by atoms with E-state index in [9.17, 15) is 9.59 Å². The highest BCUT2D eigenvalue weighted by atomic mass is 16.5. The molecular formula is C18H26N2O3. The van der Waals surface area contributed by atoms with Crippen LogP contribution in [-0.4, -0.2) is 49.1 Å². The third-order valence-corrected chi connectivity index (χ3v) is 4.55. The van der Waals surface area contributed by atoms with E-state index in [1.807, 2.05) is 6.92 Å². The second-order valence-corrected chi connectivity index (χ2v) is 6.30. The number of aryl methyl sites for hydroxylation is 1. The number of hydrogen-bond donors (Lipinski definition) is 1. The first-order valence-electron chi connectivity index (χ1n) is 8.10. The van der Waals surface area contributed by atoms with E-state index >= 15 is 0 Å². The number of nitrogens with zero attached hydrogens (tertiary/aromatic N) is 1. The van der Waals surface area contributed by atoms with Crippen molar-refractivity contribution in [3.63, 3.8) is 0 Å². The molecule has 0 aliphatic carbocycles. The molecule has 0 bridgehead atoms. The molecule has 1 N–H and O–H groups in total. The molecule has 1 aromatic carbocycles. The molecule has 2 amide bonds. The summed E-state index contributed by atoms with van der Waals surface area (Å²) in [7, 11) is 1.60. The molecule has 5 nitrogen and oxygen atoms in total. The summed E-state index contributed by atoms with van der Waals surface area (Å²) < 4.78 is 4.96. The van der Waals surface area contributed by atoms with Gasteiger partial charge in [-0.05, 0) is 32.3 Å². The number of hydrogen-bond acceptors (Lipinski definition) is 3. The Kier molecular flexibility index (Phi) is 5.77. The number of nitrogens with one attached hydrogen (secondary N) is 1. The molecule has 126 valence electrons. The molecule has 23 heavy (non-hydrogen) atoms. The van der Waals surface area contributed by atoms with Crippen molar-refractivity contribution in [1.29, 1.82) is 0 Å². The van der Waals surface area contributed by atoms with Gasteiger partial charge in [0.1, 0.15) is 5.54 Å². The minimum absolute atomic E-state index is 0.0569. The van der Waals surface area contributed by atoms with E-state index in [0.717, 1.165) is 6.42 Å². The van der Waals surface area contributed by atoms with Crippen LogP contribution in [0.15, 0.2) is 24.3 Å². The van der Waals surface area contributed by atoms with Gasteiger partial charge >= 0.3 is 0 Å². The van der Waals surface area contributed by atoms with Crippen LogP contribution in [0.2, 0.25) is 0 Å². The van der Waals surface area contributed by atoms with Gasteiger partial charge in [-0.1, -0.05) is 29.8 Å². The van der Waals surface area contributed by atoms with Crippen molar-refractivity contribution >= 4 is 11.8 Å². The summed E-state index contributed by atoms with van der Waals surface area (Å²) in [6, 6.07) is 8.29. The van der Waals surface area contributed by atoms with E-state index in [1.165, 1.54) is 11.1 Å². The number of ether oxygens (including phenoxy) is 1. The summed E-state index contributed by atoms with van der Waals surface area (Å²) in [5, 5.41) is 2.86. The van der Waals surface area contributed by atoms with Gasteiger partial charge in [-0.2, -0.15) is 0 Å². The van der Waals surface area contributed by atoms with Crippen LogP contribution in [0.5, 0.6) is 0 Å². The summed E-state index contributed by atoms with van der Waals surface area (Å²) in [5.74, 6) is -0.0363. The first-order chi connectivity index (χ1) is 11.0. The van der Waals surface area contributed by atoms with Crippen molar-refractivity contribution in [3.05, 3.63) is 35.4 Å². The molecule has 1 saturated heterocycles. The fourth-order valence-corrected chi connectivity index (χ4v) is 2.96. The summed E-state index contributed by atoms with van der Waals surface area (Å²) >= 11 is 0. The van der Waals surface area contributed by atoms with Crippen LogP contribution in [0.1, 0.15) is 30.9 Å². The SMILES string of the molecule is COCCNC(=O)[C@@]1(C)CCC(=O)N1CCc1ccc(C)cc1. The molecule has 0 unspecified atom stereocenters. The Morgan fingerprint density at radius 1 is 1.35 bits per heavy atom.